The third-order valence-electron chi connectivity index (χ3n) is 7.46. The minimum absolute atomic E-state index is 0.0116. The summed E-state index contributed by atoms with van der Waals surface area (Å²) in [6.07, 6.45) is 5.57. The molecule has 1 atom stereocenters. The molecule has 6 rings (SSSR count). The number of allylic oxidation sites excluding steroid dienone is 1. The lowest BCUT2D eigenvalue weighted by atomic mass is 9.96. The lowest BCUT2D eigenvalue weighted by molar-refractivity contribution is -0.128. The van der Waals surface area contributed by atoms with Crippen molar-refractivity contribution in [3.8, 4) is 5.75 Å². The van der Waals surface area contributed by atoms with E-state index in [4.69, 9.17) is 16.3 Å². The van der Waals surface area contributed by atoms with E-state index in [1.807, 2.05) is 67.9 Å². The van der Waals surface area contributed by atoms with Crippen LogP contribution in [0.1, 0.15) is 31.9 Å². The molecule has 46 heavy (non-hydrogen) atoms. The van der Waals surface area contributed by atoms with Gasteiger partial charge in [0.05, 0.1) is 23.3 Å². The minimum atomic E-state index is -0.443. The second kappa shape index (κ2) is 13.8. The average molecular weight is 653 g/mol. The second-order valence-electron chi connectivity index (χ2n) is 12.1. The fraction of sp³-hybridized carbons (Fsp3) is 0.222. The molecule has 2 N–H and O–H groups in total. The van der Waals surface area contributed by atoms with Gasteiger partial charge in [-0.3, -0.25) is 4.79 Å². The molecule has 3 heterocycles. The Morgan fingerprint density at radius 3 is 2.41 bits per heavy atom. The number of nitrogens with zero attached hydrogens (tertiary/aromatic N) is 4. The van der Waals surface area contributed by atoms with Crippen molar-refractivity contribution in [3.63, 3.8) is 0 Å². The summed E-state index contributed by atoms with van der Waals surface area (Å²) in [5.74, 6) is 2.90. The molecule has 8 nitrogen and oxygen atoms in total. The Labute approximate surface area is 277 Å². The lowest BCUT2D eigenvalue weighted by Crippen LogP contribution is -2.36. The van der Waals surface area contributed by atoms with E-state index in [-0.39, 0.29) is 16.6 Å². The van der Waals surface area contributed by atoms with Crippen LogP contribution in [0.25, 0.3) is 11.0 Å². The SMILES string of the molecule is CC(C)(C)C(=O)NCCn1ccc2ncnc(Nc3ccc(OC4=CN(Cc5ccccc5)S(Cc5ccccc5)=C4)c(Cl)c3)c21. The molecule has 0 saturated heterocycles. The van der Waals surface area contributed by atoms with Crippen LogP contribution in [0.2, 0.25) is 5.02 Å². The number of anilines is 2. The molecule has 0 bridgehead atoms. The van der Waals surface area contributed by atoms with Crippen molar-refractivity contribution in [2.75, 3.05) is 11.9 Å². The molecule has 1 amide bonds. The summed E-state index contributed by atoms with van der Waals surface area (Å²) >= 11 is 6.77. The number of benzene rings is 3. The number of rotatable bonds is 11. The Morgan fingerprint density at radius 2 is 1.70 bits per heavy atom. The van der Waals surface area contributed by atoms with Gasteiger partial charge in [-0.15, -0.1) is 0 Å². The van der Waals surface area contributed by atoms with Crippen molar-refractivity contribution in [1.82, 2.24) is 24.2 Å². The highest BCUT2D eigenvalue weighted by molar-refractivity contribution is 8.12. The molecule has 0 radical (unpaired) electrons. The number of aromatic nitrogens is 3. The van der Waals surface area contributed by atoms with Gasteiger partial charge in [-0.05, 0) is 35.4 Å². The molecule has 236 valence electrons. The van der Waals surface area contributed by atoms with Crippen molar-refractivity contribution in [3.05, 3.63) is 126 Å². The van der Waals surface area contributed by atoms with Gasteiger partial charge in [-0.2, -0.15) is 0 Å². The van der Waals surface area contributed by atoms with Gasteiger partial charge in [0, 0.05) is 41.5 Å². The van der Waals surface area contributed by atoms with Gasteiger partial charge in [0.1, 0.15) is 17.6 Å². The van der Waals surface area contributed by atoms with Crippen LogP contribution in [-0.4, -0.2) is 36.7 Å². The molecule has 10 heteroatoms. The maximum absolute atomic E-state index is 12.3. The van der Waals surface area contributed by atoms with Gasteiger partial charge in [-0.25, -0.2) is 9.97 Å². The number of halogens is 1. The number of amides is 1. The van der Waals surface area contributed by atoms with Crippen LogP contribution in [-0.2, 0) is 23.6 Å². The molecule has 0 fully saturated rings. The third-order valence-corrected chi connectivity index (χ3v) is 9.72. The molecule has 1 aliphatic heterocycles. The molecule has 0 aliphatic carbocycles. The Bertz CT molecular complexity index is 1900. The number of hydrogen-bond donors (Lipinski definition) is 2. The summed E-state index contributed by atoms with van der Waals surface area (Å²) in [4.78, 5) is 21.3. The molecular weight excluding hydrogens is 616 g/mol. The van der Waals surface area contributed by atoms with Crippen molar-refractivity contribution in [2.24, 2.45) is 5.41 Å². The zero-order valence-corrected chi connectivity index (χ0v) is 27.7. The number of hydrogen-bond acceptors (Lipinski definition) is 6. The van der Waals surface area contributed by atoms with Gasteiger partial charge >= 0.3 is 0 Å². The molecule has 0 spiro atoms. The summed E-state index contributed by atoms with van der Waals surface area (Å²) in [6, 6.07) is 28.6. The number of nitrogens with one attached hydrogen (secondary N) is 2. The highest BCUT2D eigenvalue weighted by Crippen LogP contribution is 2.36. The van der Waals surface area contributed by atoms with Gasteiger partial charge < -0.3 is 24.2 Å². The van der Waals surface area contributed by atoms with Crippen molar-refractivity contribution in [2.45, 2.75) is 39.6 Å². The number of carbonyl (C=O) groups is 1. The molecule has 0 saturated carbocycles. The van der Waals surface area contributed by atoms with E-state index in [0.717, 1.165) is 34.8 Å². The first-order valence-corrected chi connectivity index (χ1v) is 17.0. The van der Waals surface area contributed by atoms with Crippen LogP contribution in [0, 0.1) is 5.41 Å². The molecule has 3 aromatic carbocycles. The van der Waals surface area contributed by atoms with E-state index in [9.17, 15) is 4.79 Å². The standard InChI is InChI=1S/C36H37ClN6O2S/c1-36(2,3)35(44)38-17-19-42-18-16-31-33(42)34(40-25-39-31)41-28-14-15-32(30(37)20-28)45-29-22-43(21-26-10-6-4-7-11-26)46(24-29)23-27-12-8-5-9-13-27/h4-16,18,20,22,24-25H,17,19,21,23H2,1-3H3,(H,38,44)(H,39,40,41). The summed E-state index contributed by atoms with van der Waals surface area (Å²) in [7, 11) is -0.184. The lowest BCUT2D eigenvalue weighted by Gasteiger charge is -2.21. The Balaban J connectivity index is 1.17. The van der Waals surface area contributed by atoms with E-state index < -0.39 is 5.41 Å². The highest BCUT2D eigenvalue weighted by atomic mass is 35.5. The van der Waals surface area contributed by atoms with Crippen LogP contribution in [0.15, 0.2) is 109 Å². The summed E-state index contributed by atoms with van der Waals surface area (Å²) in [5, 5.41) is 9.07. The molecular formula is C36H37ClN6O2S. The first kappa shape index (κ1) is 31.4. The first-order chi connectivity index (χ1) is 22.2. The normalized spacial score (nSPS) is 14.6. The van der Waals surface area contributed by atoms with Crippen molar-refractivity contribution in [1.29, 1.82) is 0 Å². The Kier molecular flexibility index (Phi) is 9.42. The predicted octanol–water partition coefficient (Wildman–Crippen LogP) is 7.91. The summed E-state index contributed by atoms with van der Waals surface area (Å²) in [5.41, 5.74) is 4.50. The van der Waals surface area contributed by atoms with Gasteiger partial charge in [0.15, 0.2) is 11.6 Å². The van der Waals surface area contributed by atoms with Crippen molar-refractivity contribution < 1.29 is 9.53 Å². The number of ether oxygens (including phenoxy) is 1. The Morgan fingerprint density at radius 1 is 0.957 bits per heavy atom. The average Bonchev–Trinajstić information content (AvgIpc) is 3.63. The topological polar surface area (TPSA) is 84.3 Å². The van der Waals surface area contributed by atoms with E-state index >= 15 is 0 Å². The first-order valence-electron chi connectivity index (χ1n) is 15.2. The fourth-order valence-corrected chi connectivity index (χ4v) is 7.11. The molecule has 5 aromatic rings. The Hall–Kier alpha value is -4.60. The van der Waals surface area contributed by atoms with Gasteiger partial charge in [-0.1, -0.05) is 104 Å². The summed E-state index contributed by atoms with van der Waals surface area (Å²) < 4.78 is 10.7. The van der Waals surface area contributed by atoms with Crippen molar-refractivity contribution >= 4 is 56.1 Å². The quantitative estimate of drug-likeness (QED) is 0.141. The predicted molar refractivity (Wildman–Crippen MR) is 189 cm³/mol. The van der Waals surface area contributed by atoms with Gasteiger partial charge in [0.25, 0.3) is 0 Å². The van der Waals surface area contributed by atoms with E-state index in [0.29, 0.717) is 29.7 Å². The van der Waals surface area contributed by atoms with Crippen LogP contribution in [0.4, 0.5) is 11.5 Å². The number of carbonyl (C=O) groups excluding carboxylic acids is 1. The van der Waals surface area contributed by atoms with Crippen LogP contribution in [0.3, 0.4) is 0 Å². The van der Waals surface area contributed by atoms with Crippen LogP contribution >= 0.6 is 22.3 Å². The minimum Gasteiger partial charge on any atom is -0.454 e. The molecule has 1 aliphatic rings. The zero-order valence-electron chi connectivity index (χ0n) is 26.1. The summed E-state index contributed by atoms with van der Waals surface area (Å²) in [6.45, 7) is 7.56. The maximum atomic E-state index is 12.3. The fourth-order valence-electron chi connectivity index (χ4n) is 5.04. The number of fused-ring (bicyclic) bond motifs is 1. The van der Waals surface area contributed by atoms with Gasteiger partial charge in [0.2, 0.25) is 5.91 Å². The highest BCUT2D eigenvalue weighted by Gasteiger charge is 2.21. The second-order valence-corrected chi connectivity index (χ2v) is 14.3. The third kappa shape index (κ3) is 7.61. The van der Waals surface area contributed by atoms with E-state index in [1.165, 1.54) is 17.5 Å². The van der Waals surface area contributed by atoms with Crippen LogP contribution in [0.5, 0.6) is 5.75 Å². The van der Waals surface area contributed by atoms with E-state index in [2.05, 4.69) is 85.0 Å². The smallest absolute Gasteiger partial charge is 0.225 e. The van der Waals surface area contributed by atoms with E-state index in [1.54, 1.807) is 0 Å². The monoisotopic (exact) mass is 652 g/mol. The molecule has 2 aromatic heterocycles. The molecule has 1 unspecified atom stereocenters. The largest absolute Gasteiger partial charge is 0.454 e. The maximum Gasteiger partial charge on any atom is 0.225 e. The zero-order chi connectivity index (χ0) is 32.1. The van der Waals surface area contributed by atoms with Crippen LogP contribution < -0.4 is 15.4 Å².